The van der Waals surface area contributed by atoms with E-state index in [1.807, 2.05) is 0 Å². The van der Waals surface area contributed by atoms with Crippen LogP contribution < -0.4 is 21.7 Å². The Kier molecular flexibility index (Phi) is 15.7. The van der Waals surface area contributed by atoms with E-state index < -0.39 is 24.0 Å². The van der Waals surface area contributed by atoms with Crippen molar-refractivity contribution in [3.8, 4) is 0 Å². The summed E-state index contributed by atoms with van der Waals surface area (Å²) in [7, 11) is 0. The number of rotatable bonds is 4. The van der Waals surface area contributed by atoms with Gasteiger partial charge < -0.3 is 31.3 Å². The first-order chi connectivity index (χ1) is 6.36. The molecule has 6 nitrogen and oxygen atoms in total. The van der Waals surface area contributed by atoms with Crippen LogP contribution in [0.25, 0.3) is 0 Å². The summed E-state index contributed by atoms with van der Waals surface area (Å²) in [4.78, 5) is 19.4. The molecule has 0 bridgehead atoms. The fourth-order valence-corrected chi connectivity index (χ4v) is 0.333. The molecule has 2 unspecified atom stereocenters. The van der Waals surface area contributed by atoms with E-state index >= 15 is 0 Å². The molecule has 0 heterocycles. The van der Waals surface area contributed by atoms with Crippen LogP contribution in [0.1, 0.15) is 26.7 Å². The van der Waals surface area contributed by atoms with E-state index in [1.54, 1.807) is 13.8 Å². The minimum Gasteiger partial charge on any atom is -0.548 e. The fourth-order valence-electron chi connectivity index (χ4n) is 0.333. The van der Waals surface area contributed by atoms with Crippen LogP contribution in [0.5, 0.6) is 0 Å². The molecular formula is C8H16MgN2O4. The Morgan fingerprint density at radius 1 is 1.00 bits per heavy atom. The van der Waals surface area contributed by atoms with Gasteiger partial charge in [0.1, 0.15) is 0 Å². The second-order valence-corrected chi connectivity index (χ2v) is 2.67. The van der Waals surface area contributed by atoms with Crippen LogP contribution in [0.15, 0.2) is 0 Å². The van der Waals surface area contributed by atoms with Crippen molar-refractivity contribution in [1.82, 2.24) is 0 Å². The van der Waals surface area contributed by atoms with Crippen LogP contribution in [-0.2, 0) is 9.59 Å². The third kappa shape index (κ3) is 13.6. The summed E-state index contributed by atoms with van der Waals surface area (Å²) in [6.07, 6.45) is 0.866. The van der Waals surface area contributed by atoms with Crippen molar-refractivity contribution in [3.63, 3.8) is 0 Å². The maximum Gasteiger partial charge on any atom is 2.00 e. The Hall–Kier alpha value is -0.374. The number of carboxylic acid groups (broad SMARTS) is 2. The van der Waals surface area contributed by atoms with Gasteiger partial charge in [-0.1, -0.05) is 13.8 Å². The van der Waals surface area contributed by atoms with Gasteiger partial charge >= 0.3 is 23.1 Å². The maximum absolute atomic E-state index is 9.69. The third-order valence-electron chi connectivity index (χ3n) is 1.49. The first kappa shape index (κ1) is 20.1. The van der Waals surface area contributed by atoms with Crippen LogP contribution in [-0.4, -0.2) is 47.1 Å². The summed E-state index contributed by atoms with van der Waals surface area (Å²) in [5.74, 6) is -2.36. The molecule has 2 atom stereocenters. The molecule has 0 aliphatic heterocycles. The summed E-state index contributed by atoms with van der Waals surface area (Å²) in [6, 6.07) is -1.58. The minimum atomic E-state index is -1.18. The number of hydrogen-bond acceptors (Lipinski definition) is 6. The van der Waals surface area contributed by atoms with Crippen LogP contribution in [0, 0.1) is 0 Å². The number of aliphatic carboxylic acids is 2. The van der Waals surface area contributed by atoms with E-state index in [0.717, 1.165) is 0 Å². The first-order valence-electron chi connectivity index (χ1n) is 4.29. The number of carboxylic acids is 2. The molecule has 0 aliphatic rings. The molecule has 4 N–H and O–H groups in total. The topological polar surface area (TPSA) is 132 Å². The van der Waals surface area contributed by atoms with E-state index in [2.05, 4.69) is 0 Å². The summed E-state index contributed by atoms with van der Waals surface area (Å²) >= 11 is 0. The second kappa shape index (κ2) is 11.7. The van der Waals surface area contributed by atoms with E-state index in [0.29, 0.717) is 12.8 Å². The standard InChI is InChI=1S/2C4H9NO2.Mg/c2*1-2-3(5)4(6)7;/h2*3H,2,5H2,1H3,(H,6,7);/q;;+2/p-2. The molecule has 0 aliphatic carbocycles. The van der Waals surface area contributed by atoms with Crippen LogP contribution in [0.4, 0.5) is 0 Å². The van der Waals surface area contributed by atoms with Crippen LogP contribution in [0.2, 0.25) is 0 Å². The largest absolute Gasteiger partial charge is 2.00 e. The molecule has 15 heavy (non-hydrogen) atoms. The molecule has 7 heteroatoms. The fraction of sp³-hybridized carbons (Fsp3) is 0.750. The van der Waals surface area contributed by atoms with E-state index in [1.165, 1.54) is 0 Å². The van der Waals surface area contributed by atoms with Gasteiger partial charge in [-0.25, -0.2) is 0 Å². The molecule has 0 aromatic rings. The first-order valence-corrected chi connectivity index (χ1v) is 4.29. The average Bonchev–Trinajstić information content (AvgIpc) is 2.15. The monoisotopic (exact) mass is 228 g/mol. The Labute approximate surface area is 105 Å². The van der Waals surface area contributed by atoms with Gasteiger partial charge in [0.05, 0.1) is 11.9 Å². The van der Waals surface area contributed by atoms with Crippen molar-refractivity contribution < 1.29 is 19.8 Å². The van der Waals surface area contributed by atoms with E-state index in [-0.39, 0.29) is 23.1 Å². The van der Waals surface area contributed by atoms with Gasteiger partial charge in [0.25, 0.3) is 0 Å². The van der Waals surface area contributed by atoms with Gasteiger partial charge in [-0.15, -0.1) is 0 Å². The predicted molar refractivity (Wildman–Crippen MR) is 52.3 cm³/mol. The van der Waals surface area contributed by atoms with Crippen molar-refractivity contribution >= 4 is 35.0 Å². The van der Waals surface area contributed by atoms with Gasteiger partial charge in [-0.2, -0.15) is 0 Å². The minimum absolute atomic E-state index is 0. The molecule has 0 saturated carbocycles. The van der Waals surface area contributed by atoms with Crippen LogP contribution >= 0.6 is 0 Å². The SMILES string of the molecule is CCC(N)C(=O)[O-].CCC(N)C(=O)[O-].[Mg+2]. The zero-order valence-electron chi connectivity index (χ0n) is 9.06. The number of hydrogen-bond donors (Lipinski definition) is 2. The summed E-state index contributed by atoms with van der Waals surface area (Å²) < 4.78 is 0. The molecule has 0 rings (SSSR count). The Bertz CT molecular complexity index is 169. The number of carbonyl (C=O) groups excluding carboxylic acids is 2. The Morgan fingerprint density at radius 3 is 1.20 bits per heavy atom. The molecule has 84 valence electrons. The third-order valence-corrected chi connectivity index (χ3v) is 1.49. The van der Waals surface area contributed by atoms with E-state index in [4.69, 9.17) is 11.5 Å². The summed E-state index contributed by atoms with van der Waals surface area (Å²) in [5, 5.41) is 19.4. The molecular weight excluding hydrogens is 212 g/mol. The number of nitrogens with two attached hydrogens (primary N) is 2. The van der Waals surface area contributed by atoms with Gasteiger partial charge in [0, 0.05) is 12.1 Å². The Balaban J connectivity index is -0.000000180. The van der Waals surface area contributed by atoms with Gasteiger partial charge in [-0.05, 0) is 12.8 Å². The molecule has 0 radical (unpaired) electrons. The van der Waals surface area contributed by atoms with Crippen molar-refractivity contribution in [2.75, 3.05) is 0 Å². The van der Waals surface area contributed by atoms with Crippen molar-refractivity contribution in [3.05, 3.63) is 0 Å². The summed E-state index contributed by atoms with van der Waals surface area (Å²) in [5.41, 5.74) is 9.91. The maximum atomic E-state index is 9.69. The molecule has 0 amide bonds. The molecule has 0 aromatic carbocycles. The summed E-state index contributed by atoms with van der Waals surface area (Å²) in [6.45, 7) is 3.39. The van der Waals surface area contributed by atoms with Crippen molar-refractivity contribution in [1.29, 1.82) is 0 Å². The van der Waals surface area contributed by atoms with Gasteiger partial charge in [-0.3, -0.25) is 0 Å². The quantitative estimate of drug-likeness (QED) is 0.481. The van der Waals surface area contributed by atoms with Gasteiger partial charge in [0.15, 0.2) is 0 Å². The average molecular weight is 229 g/mol. The van der Waals surface area contributed by atoms with Crippen molar-refractivity contribution in [2.24, 2.45) is 11.5 Å². The molecule has 0 aromatic heterocycles. The Morgan fingerprint density at radius 2 is 1.20 bits per heavy atom. The normalized spacial score (nSPS) is 12.5. The molecule has 0 saturated heterocycles. The molecule has 0 fully saturated rings. The van der Waals surface area contributed by atoms with E-state index in [9.17, 15) is 19.8 Å². The number of carbonyl (C=O) groups is 2. The smallest absolute Gasteiger partial charge is 0.548 e. The van der Waals surface area contributed by atoms with Crippen LogP contribution in [0.3, 0.4) is 0 Å². The zero-order valence-corrected chi connectivity index (χ0v) is 10.5. The predicted octanol–water partition coefficient (Wildman–Crippen LogP) is -3.43. The second-order valence-electron chi connectivity index (χ2n) is 2.67. The van der Waals surface area contributed by atoms with Gasteiger partial charge in [0.2, 0.25) is 0 Å². The van der Waals surface area contributed by atoms with Crippen molar-refractivity contribution in [2.45, 2.75) is 38.8 Å². The zero-order chi connectivity index (χ0) is 11.7. The molecule has 0 spiro atoms.